The molecule has 3 heteroatoms. The molecule has 1 aromatic rings. The minimum absolute atomic E-state index is 0.440. The van der Waals surface area contributed by atoms with Crippen molar-refractivity contribution >= 4 is 11.3 Å². The van der Waals surface area contributed by atoms with Crippen molar-refractivity contribution < 1.29 is 4.74 Å². The highest BCUT2D eigenvalue weighted by Gasteiger charge is 2.18. The summed E-state index contributed by atoms with van der Waals surface area (Å²) in [6.45, 7) is 7.72. The van der Waals surface area contributed by atoms with E-state index in [0.717, 1.165) is 18.2 Å². The van der Waals surface area contributed by atoms with Crippen LogP contribution in [0.4, 0.5) is 0 Å². The molecule has 0 saturated carbocycles. The van der Waals surface area contributed by atoms with Gasteiger partial charge >= 0.3 is 0 Å². The summed E-state index contributed by atoms with van der Waals surface area (Å²) >= 11 is 1.79. The lowest BCUT2D eigenvalue weighted by atomic mass is 9.98. The zero-order valence-electron chi connectivity index (χ0n) is 10.7. The Hall–Kier alpha value is -0.540. The molecule has 0 saturated heterocycles. The molecule has 92 valence electrons. The summed E-state index contributed by atoms with van der Waals surface area (Å²) < 4.78 is 5.40. The molecule has 1 heterocycles. The van der Waals surface area contributed by atoms with Gasteiger partial charge in [-0.05, 0) is 30.3 Å². The fraction of sp³-hybridized carbons (Fsp3) is 0.692. The van der Waals surface area contributed by atoms with Crippen LogP contribution in [0.1, 0.15) is 44.5 Å². The van der Waals surface area contributed by atoms with E-state index < -0.39 is 0 Å². The first-order chi connectivity index (χ1) is 7.72. The monoisotopic (exact) mass is 241 g/mol. The molecule has 2 atom stereocenters. The third-order valence-electron chi connectivity index (χ3n) is 2.98. The van der Waals surface area contributed by atoms with Crippen LogP contribution in [-0.2, 0) is 0 Å². The van der Waals surface area contributed by atoms with Gasteiger partial charge in [0, 0.05) is 6.04 Å². The van der Waals surface area contributed by atoms with Crippen LogP contribution in [0.25, 0.3) is 0 Å². The van der Waals surface area contributed by atoms with E-state index in [1.54, 1.807) is 18.4 Å². The van der Waals surface area contributed by atoms with E-state index in [-0.39, 0.29) is 0 Å². The predicted molar refractivity (Wildman–Crippen MR) is 71.4 cm³/mol. The summed E-state index contributed by atoms with van der Waals surface area (Å²) in [7, 11) is 1.75. The summed E-state index contributed by atoms with van der Waals surface area (Å²) in [5, 5.41) is 5.66. The van der Waals surface area contributed by atoms with E-state index in [1.165, 1.54) is 17.7 Å². The molecule has 1 rings (SSSR count). The SMILES string of the molecule is CCNC(CC(C)CC)c1sccc1OC. The van der Waals surface area contributed by atoms with Gasteiger partial charge in [-0.1, -0.05) is 27.2 Å². The molecule has 2 unspecified atom stereocenters. The molecule has 2 nitrogen and oxygen atoms in total. The highest BCUT2D eigenvalue weighted by atomic mass is 32.1. The van der Waals surface area contributed by atoms with Crippen molar-refractivity contribution in [2.75, 3.05) is 13.7 Å². The first kappa shape index (κ1) is 13.5. The first-order valence-electron chi connectivity index (χ1n) is 6.07. The normalized spacial score (nSPS) is 14.8. The van der Waals surface area contributed by atoms with Crippen molar-refractivity contribution in [3.05, 3.63) is 16.3 Å². The molecule has 0 radical (unpaired) electrons. The average molecular weight is 241 g/mol. The lowest BCUT2D eigenvalue weighted by Crippen LogP contribution is -2.22. The molecular weight excluding hydrogens is 218 g/mol. The molecule has 0 aromatic carbocycles. The maximum Gasteiger partial charge on any atom is 0.134 e. The van der Waals surface area contributed by atoms with Crippen molar-refractivity contribution in [3.8, 4) is 5.75 Å². The smallest absolute Gasteiger partial charge is 0.134 e. The molecule has 0 spiro atoms. The van der Waals surface area contributed by atoms with Crippen LogP contribution in [0.3, 0.4) is 0 Å². The fourth-order valence-corrected chi connectivity index (χ4v) is 2.78. The average Bonchev–Trinajstić information content (AvgIpc) is 2.76. The second-order valence-electron chi connectivity index (χ2n) is 4.21. The molecular formula is C13H23NOS. The van der Waals surface area contributed by atoms with Gasteiger partial charge in [0.1, 0.15) is 5.75 Å². The van der Waals surface area contributed by atoms with Crippen LogP contribution in [0.15, 0.2) is 11.4 Å². The largest absolute Gasteiger partial charge is 0.496 e. The van der Waals surface area contributed by atoms with Gasteiger partial charge in [-0.3, -0.25) is 0 Å². The number of thiophene rings is 1. The van der Waals surface area contributed by atoms with Crippen LogP contribution < -0.4 is 10.1 Å². The number of rotatable bonds is 7. The summed E-state index contributed by atoms with van der Waals surface area (Å²) in [5.74, 6) is 1.77. The van der Waals surface area contributed by atoms with Crippen molar-refractivity contribution in [2.24, 2.45) is 5.92 Å². The van der Waals surface area contributed by atoms with Gasteiger partial charge in [0.2, 0.25) is 0 Å². The fourth-order valence-electron chi connectivity index (χ4n) is 1.83. The maximum atomic E-state index is 5.40. The lowest BCUT2D eigenvalue weighted by molar-refractivity contribution is 0.379. The Morgan fingerprint density at radius 2 is 2.19 bits per heavy atom. The summed E-state index contributed by atoms with van der Waals surface area (Å²) in [4.78, 5) is 1.34. The van der Waals surface area contributed by atoms with Gasteiger partial charge in [0.05, 0.1) is 12.0 Å². The molecule has 0 aliphatic carbocycles. The van der Waals surface area contributed by atoms with Crippen LogP contribution in [0.2, 0.25) is 0 Å². The summed E-state index contributed by atoms with van der Waals surface area (Å²) in [6.07, 6.45) is 2.41. The Labute approximate surface area is 103 Å². The second-order valence-corrected chi connectivity index (χ2v) is 5.16. The summed E-state index contributed by atoms with van der Waals surface area (Å²) in [5.41, 5.74) is 0. The van der Waals surface area contributed by atoms with Crippen molar-refractivity contribution in [3.63, 3.8) is 0 Å². The standard InChI is InChI=1S/C13H23NOS/c1-5-10(3)9-11(14-6-2)13-12(15-4)7-8-16-13/h7-8,10-11,14H,5-6,9H2,1-4H3. The number of hydrogen-bond acceptors (Lipinski definition) is 3. The highest BCUT2D eigenvalue weighted by molar-refractivity contribution is 7.10. The molecule has 0 bridgehead atoms. The van der Waals surface area contributed by atoms with Crippen LogP contribution >= 0.6 is 11.3 Å². The molecule has 16 heavy (non-hydrogen) atoms. The maximum absolute atomic E-state index is 5.40. The number of nitrogens with one attached hydrogen (secondary N) is 1. The third kappa shape index (κ3) is 3.49. The van der Waals surface area contributed by atoms with Crippen LogP contribution in [0.5, 0.6) is 5.75 Å². The van der Waals surface area contributed by atoms with E-state index in [2.05, 4.69) is 37.5 Å². The van der Waals surface area contributed by atoms with Gasteiger partial charge in [0.25, 0.3) is 0 Å². The first-order valence-corrected chi connectivity index (χ1v) is 6.95. The van der Waals surface area contributed by atoms with E-state index >= 15 is 0 Å². The third-order valence-corrected chi connectivity index (χ3v) is 3.99. The zero-order chi connectivity index (χ0) is 12.0. The number of ether oxygens (including phenoxy) is 1. The number of methoxy groups -OCH3 is 1. The Kier molecular flexibility index (Phi) is 5.85. The molecule has 1 N–H and O–H groups in total. The van der Waals surface area contributed by atoms with Gasteiger partial charge in [-0.25, -0.2) is 0 Å². The quantitative estimate of drug-likeness (QED) is 0.783. The highest BCUT2D eigenvalue weighted by Crippen LogP contribution is 2.34. The van der Waals surface area contributed by atoms with Gasteiger partial charge in [-0.15, -0.1) is 11.3 Å². The molecule has 0 amide bonds. The number of hydrogen-bond donors (Lipinski definition) is 1. The molecule has 1 aromatic heterocycles. The van der Waals surface area contributed by atoms with E-state index in [1.807, 2.05) is 0 Å². The Balaban J connectivity index is 2.76. The van der Waals surface area contributed by atoms with Gasteiger partial charge in [-0.2, -0.15) is 0 Å². The molecule has 0 fully saturated rings. The van der Waals surface area contributed by atoms with Crippen molar-refractivity contribution in [1.29, 1.82) is 0 Å². The van der Waals surface area contributed by atoms with E-state index in [9.17, 15) is 0 Å². The topological polar surface area (TPSA) is 21.3 Å². The minimum Gasteiger partial charge on any atom is -0.496 e. The van der Waals surface area contributed by atoms with Crippen molar-refractivity contribution in [1.82, 2.24) is 5.32 Å². The minimum atomic E-state index is 0.440. The summed E-state index contributed by atoms with van der Waals surface area (Å²) in [6, 6.07) is 2.50. The Bertz CT molecular complexity index is 298. The van der Waals surface area contributed by atoms with Crippen LogP contribution in [-0.4, -0.2) is 13.7 Å². The van der Waals surface area contributed by atoms with E-state index in [4.69, 9.17) is 4.74 Å². The van der Waals surface area contributed by atoms with Crippen LogP contribution in [0, 0.1) is 5.92 Å². The van der Waals surface area contributed by atoms with Gasteiger partial charge in [0.15, 0.2) is 0 Å². The second kappa shape index (κ2) is 6.92. The lowest BCUT2D eigenvalue weighted by Gasteiger charge is -2.21. The molecule has 0 aliphatic heterocycles. The predicted octanol–water partition coefficient (Wildman–Crippen LogP) is 3.84. The van der Waals surface area contributed by atoms with E-state index in [0.29, 0.717) is 6.04 Å². The van der Waals surface area contributed by atoms with Crippen molar-refractivity contribution in [2.45, 2.75) is 39.7 Å². The molecule has 0 aliphatic rings. The van der Waals surface area contributed by atoms with Gasteiger partial charge < -0.3 is 10.1 Å². The zero-order valence-corrected chi connectivity index (χ0v) is 11.6. The Morgan fingerprint density at radius 1 is 1.44 bits per heavy atom. The Morgan fingerprint density at radius 3 is 2.75 bits per heavy atom.